The van der Waals surface area contributed by atoms with E-state index in [1.807, 2.05) is 6.92 Å². The van der Waals surface area contributed by atoms with Crippen molar-refractivity contribution < 1.29 is 9.13 Å². The van der Waals surface area contributed by atoms with E-state index < -0.39 is 0 Å². The molecule has 3 nitrogen and oxygen atoms in total. The summed E-state index contributed by atoms with van der Waals surface area (Å²) in [7, 11) is 0. The van der Waals surface area contributed by atoms with Crippen molar-refractivity contribution in [1.82, 2.24) is 9.78 Å². The third kappa shape index (κ3) is 2.87. The number of nitrogens with zero attached hydrogens (tertiary/aromatic N) is 2. The number of hydrogen-bond donors (Lipinski definition) is 0. The summed E-state index contributed by atoms with van der Waals surface area (Å²) < 4.78 is 21.7. The Kier molecular flexibility index (Phi) is 3.83. The molecule has 6 heteroatoms. The summed E-state index contributed by atoms with van der Waals surface area (Å²) in [6.07, 6.45) is 0. The standard InChI is InChI=1S/C11H9Br2FN2O/c1-2-17-9-4-7(14)3-8(5-9)16-11(13)6-10(12)15-16/h3-6H,2H2,1H3. The van der Waals surface area contributed by atoms with Gasteiger partial charge in [0.2, 0.25) is 0 Å². The highest BCUT2D eigenvalue weighted by molar-refractivity contribution is 9.11. The van der Waals surface area contributed by atoms with Gasteiger partial charge in [-0.15, -0.1) is 0 Å². The molecule has 2 aromatic rings. The van der Waals surface area contributed by atoms with E-state index in [0.717, 1.165) is 4.60 Å². The monoisotopic (exact) mass is 362 g/mol. The Balaban J connectivity index is 2.48. The van der Waals surface area contributed by atoms with Crippen molar-refractivity contribution in [2.45, 2.75) is 6.92 Å². The molecule has 0 bridgehead atoms. The zero-order valence-electron chi connectivity index (χ0n) is 8.95. The lowest BCUT2D eigenvalue weighted by molar-refractivity contribution is 0.338. The van der Waals surface area contributed by atoms with Crippen LogP contribution in [-0.2, 0) is 0 Å². The van der Waals surface area contributed by atoms with Crippen LogP contribution in [-0.4, -0.2) is 16.4 Å². The van der Waals surface area contributed by atoms with Crippen LogP contribution in [0.1, 0.15) is 6.92 Å². The molecule has 0 aliphatic heterocycles. The van der Waals surface area contributed by atoms with E-state index in [9.17, 15) is 4.39 Å². The second-order valence-corrected chi connectivity index (χ2v) is 4.90. The molecule has 2 rings (SSSR count). The first-order chi connectivity index (χ1) is 8.10. The van der Waals surface area contributed by atoms with Gasteiger partial charge < -0.3 is 4.74 Å². The molecule has 17 heavy (non-hydrogen) atoms. The number of ether oxygens (including phenoxy) is 1. The van der Waals surface area contributed by atoms with Crippen LogP contribution in [0.5, 0.6) is 5.75 Å². The van der Waals surface area contributed by atoms with Crippen LogP contribution in [0, 0.1) is 5.82 Å². The van der Waals surface area contributed by atoms with Gasteiger partial charge >= 0.3 is 0 Å². The minimum absolute atomic E-state index is 0.357. The summed E-state index contributed by atoms with van der Waals surface area (Å²) in [6, 6.07) is 6.26. The van der Waals surface area contributed by atoms with Gasteiger partial charge in [-0.2, -0.15) is 5.10 Å². The Hall–Kier alpha value is -0.880. The minimum atomic E-state index is -0.357. The van der Waals surface area contributed by atoms with Crippen molar-refractivity contribution >= 4 is 31.9 Å². The van der Waals surface area contributed by atoms with Crippen molar-refractivity contribution in [3.8, 4) is 11.4 Å². The summed E-state index contributed by atoms with van der Waals surface area (Å²) in [6.45, 7) is 2.35. The average molecular weight is 364 g/mol. The Labute approximate surface area is 115 Å². The maximum absolute atomic E-state index is 13.4. The van der Waals surface area contributed by atoms with Crippen LogP contribution in [0.3, 0.4) is 0 Å². The highest BCUT2D eigenvalue weighted by atomic mass is 79.9. The molecule has 0 atom stereocenters. The number of rotatable bonds is 3. The normalized spacial score (nSPS) is 10.6. The van der Waals surface area contributed by atoms with Gasteiger partial charge in [0.25, 0.3) is 0 Å². The fourth-order valence-corrected chi connectivity index (χ4v) is 2.62. The molecule has 1 aromatic carbocycles. The van der Waals surface area contributed by atoms with E-state index in [1.54, 1.807) is 16.8 Å². The highest BCUT2D eigenvalue weighted by Crippen LogP contribution is 2.24. The van der Waals surface area contributed by atoms with Gasteiger partial charge in [0.15, 0.2) is 0 Å². The summed E-state index contributed by atoms with van der Waals surface area (Å²) in [4.78, 5) is 0. The first-order valence-corrected chi connectivity index (χ1v) is 6.53. The molecule has 90 valence electrons. The van der Waals surface area contributed by atoms with Crippen LogP contribution in [0.2, 0.25) is 0 Å². The van der Waals surface area contributed by atoms with Crippen LogP contribution in [0.4, 0.5) is 4.39 Å². The van der Waals surface area contributed by atoms with E-state index >= 15 is 0 Å². The Bertz CT molecular complexity index is 542. The topological polar surface area (TPSA) is 27.1 Å². The summed E-state index contributed by atoms with van der Waals surface area (Å²) in [5.74, 6) is 0.130. The zero-order valence-corrected chi connectivity index (χ0v) is 12.1. The fraction of sp³-hybridized carbons (Fsp3) is 0.182. The van der Waals surface area contributed by atoms with Gasteiger partial charge in [0.05, 0.1) is 12.3 Å². The van der Waals surface area contributed by atoms with Crippen molar-refractivity contribution in [3.63, 3.8) is 0 Å². The van der Waals surface area contributed by atoms with E-state index in [4.69, 9.17) is 4.74 Å². The van der Waals surface area contributed by atoms with E-state index in [-0.39, 0.29) is 5.82 Å². The van der Waals surface area contributed by atoms with E-state index in [2.05, 4.69) is 37.0 Å². The quantitative estimate of drug-likeness (QED) is 0.825. The molecule has 0 amide bonds. The molecule has 0 radical (unpaired) electrons. The first kappa shape index (κ1) is 12.6. The lowest BCUT2D eigenvalue weighted by Gasteiger charge is -2.07. The molecule has 1 aromatic heterocycles. The molecule has 0 saturated heterocycles. The predicted octanol–water partition coefficient (Wildman–Crippen LogP) is 3.94. The van der Waals surface area contributed by atoms with Crippen LogP contribution in [0.25, 0.3) is 5.69 Å². The predicted molar refractivity (Wildman–Crippen MR) is 70.1 cm³/mol. The second-order valence-electron chi connectivity index (χ2n) is 3.28. The van der Waals surface area contributed by atoms with Crippen molar-refractivity contribution in [3.05, 3.63) is 39.3 Å². The van der Waals surface area contributed by atoms with Gasteiger partial charge in [-0.1, -0.05) is 0 Å². The Morgan fingerprint density at radius 3 is 2.65 bits per heavy atom. The minimum Gasteiger partial charge on any atom is -0.494 e. The van der Waals surface area contributed by atoms with E-state index in [1.165, 1.54) is 12.1 Å². The lowest BCUT2D eigenvalue weighted by Crippen LogP contribution is -1.99. The maximum Gasteiger partial charge on any atom is 0.129 e. The van der Waals surface area contributed by atoms with Gasteiger partial charge in [-0.3, -0.25) is 0 Å². The second kappa shape index (κ2) is 5.18. The smallest absolute Gasteiger partial charge is 0.129 e. The molecule has 0 aliphatic rings. The maximum atomic E-state index is 13.4. The number of hydrogen-bond acceptors (Lipinski definition) is 2. The molecule has 0 unspecified atom stereocenters. The molecular weight excluding hydrogens is 355 g/mol. The van der Waals surface area contributed by atoms with Crippen molar-refractivity contribution in [2.75, 3.05) is 6.61 Å². The molecule has 0 fully saturated rings. The molecule has 0 aliphatic carbocycles. The fourth-order valence-electron chi connectivity index (χ4n) is 1.43. The highest BCUT2D eigenvalue weighted by Gasteiger charge is 2.08. The number of benzene rings is 1. The molecule has 0 saturated carbocycles. The molecule has 0 spiro atoms. The summed E-state index contributed by atoms with van der Waals surface area (Å²) in [5.41, 5.74) is 0.603. The SMILES string of the molecule is CCOc1cc(F)cc(-n2nc(Br)cc2Br)c1. The van der Waals surface area contributed by atoms with Gasteiger partial charge in [-0.25, -0.2) is 9.07 Å². The molecule has 1 heterocycles. The van der Waals surface area contributed by atoms with E-state index in [0.29, 0.717) is 22.6 Å². The lowest BCUT2D eigenvalue weighted by atomic mass is 10.3. The molecule has 0 N–H and O–H groups in total. The summed E-state index contributed by atoms with van der Waals surface area (Å²) in [5, 5.41) is 4.19. The third-order valence-corrected chi connectivity index (χ3v) is 3.00. The van der Waals surface area contributed by atoms with Gasteiger partial charge in [0.1, 0.15) is 20.8 Å². The number of halogens is 3. The summed E-state index contributed by atoms with van der Waals surface area (Å²) >= 11 is 6.61. The van der Waals surface area contributed by atoms with Gasteiger partial charge in [0, 0.05) is 18.2 Å². The Morgan fingerprint density at radius 2 is 2.06 bits per heavy atom. The first-order valence-electron chi connectivity index (χ1n) is 4.95. The van der Waals surface area contributed by atoms with Crippen LogP contribution < -0.4 is 4.74 Å². The van der Waals surface area contributed by atoms with Crippen LogP contribution >= 0.6 is 31.9 Å². The largest absolute Gasteiger partial charge is 0.494 e. The third-order valence-electron chi connectivity index (χ3n) is 2.05. The van der Waals surface area contributed by atoms with Crippen molar-refractivity contribution in [1.29, 1.82) is 0 Å². The van der Waals surface area contributed by atoms with Gasteiger partial charge in [-0.05, 0) is 44.8 Å². The average Bonchev–Trinajstić information content (AvgIpc) is 2.57. The zero-order chi connectivity index (χ0) is 12.4. The van der Waals surface area contributed by atoms with Crippen LogP contribution in [0.15, 0.2) is 33.5 Å². The molecular formula is C11H9Br2FN2O. The number of aromatic nitrogens is 2. The van der Waals surface area contributed by atoms with Crippen molar-refractivity contribution in [2.24, 2.45) is 0 Å². The Morgan fingerprint density at radius 1 is 1.29 bits per heavy atom.